The molecule has 1 aliphatic heterocycles. The molecule has 3 aromatic carbocycles. The maximum atomic E-state index is 13.4. The van der Waals surface area contributed by atoms with Crippen LogP contribution in [0.3, 0.4) is 0 Å². The Bertz CT molecular complexity index is 1260. The van der Waals surface area contributed by atoms with Crippen LogP contribution in [0.15, 0.2) is 83.9 Å². The maximum absolute atomic E-state index is 13.4. The molecule has 0 bridgehead atoms. The minimum Gasteiger partial charge on any atom is -0.462 e. The molecule has 1 saturated heterocycles. The second-order valence-electron chi connectivity index (χ2n) is 7.93. The molecular formula is C27H24FN3O4S. The number of hydrogen-bond acceptors (Lipinski definition) is 6. The van der Waals surface area contributed by atoms with E-state index in [0.717, 1.165) is 5.56 Å². The molecule has 1 N–H and O–H groups in total. The third-order valence-corrected chi connectivity index (χ3v) is 6.52. The summed E-state index contributed by atoms with van der Waals surface area (Å²) < 4.78 is 18.3. The van der Waals surface area contributed by atoms with Crippen LogP contribution in [0, 0.1) is 5.82 Å². The number of rotatable bonds is 7. The monoisotopic (exact) mass is 505 g/mol. The molecule has 184 valence electrons. The number of amidine groups is 1. The lowest BCUT2D eigenvalue weighted by Gasteiger charge is -2.32. The summed E-state index contributed by atoms with van der Waals surface area (Å²) in [6.45, 7) is 2.30. The van der Waals surface area contributed by atoms with E-state index in [1.54, 1.807) is 36.1 Å². The summed E-state index contributed by atoms with van der Waals surface area (Å²) in [6.07, 6.45) is -0.00726. The number of esters is 1. The van der Waals surface area contributed by atoms with E-state index in [2.05, 4.69) is 10.3 Å². The van der Waals surface area contributed by atoms with Crippen LogP contribution in [0.5, 0.6) is 0 Å². The van der Waals surface area contributed by atoms with Crippen molar-refractivity contribution < 1.29 is 23.5 Å². The highest BCUT2D eigenvalue weighted by Gasteiger charge is 2.36. The summed E-state index contributed by atoms with van der Waals surface area (Å²) in [5, 5.41) is 2.45. The molecular weight excluding hydrogens is 481 g/mol. The van der Waals surface area contributed by atoms with Gasteiger partial charge in [0, 0.05) is 12.1 Å². The Balaban J connectivity index is 1.53. The predicted molar refractivity (Wildman–Crippen MR) is 138 cm³/mol. The molecule has 1 aliphatic rings. The van der Waals surface area contributed by atoms with Gasteiger partial charge >= 0.3 is 5.97 Å². The molecule has 0 saturated carbocycles. The smallest absolute Gasteiger partial charge is 0.338 e. The molecule has 0 aliphatic carbocycles. The molecule has 1 heterocycles. The summed E-state index contributed by atoms with van der Waals surface area (Å²) in [7, 11) is 0. The lowest BCUT2D eigenvalue weighted by atomic mass is 10.2. The zero-order valence-electron chi connectivity index (χ0n) is 19.5. The van der Waals surface area contributed by atoms with Gasteiger partial charge in [0.2, 0.25) is 11.8 Å². The van der Waals surface area contributed by atoms with Crippen molar-refractivity contribution in [3.05, 3.63) is 95.8 Å². The van der Waals surface area contributed by atoms with Crippen LogP contribution in [0.1, 0.15) is 29.3 Å². The lowest BCUT2D eigenvalue weighted by Crippen LogP contribution is -2.44. The zero-order valence-corrected chi connectivity index (χ0v) is 20.3. The minimum atomic E-state index is -0.714. The molecule has 4 rings (SSSR count). The van der Waals surface area contributed by atoms with E-state index in [4.69, 9.17) is 4.74 Å². The minimum absolute atomic E-state index is 0.00726. The molecule has 0 unspecified atom stereocenters. The van der Waals surface area contributed by atoms with E-state index in [1.165, 1.54) is 36.0 Å². The number of nitrogens with one attached hydrogen (secondary N) is 1. The SMILES string of the molecule is CCOC(=O)c1ccc(NC(=O)[C@H]2CC(=O)N(Cc3ccccc3)C(=Nc3ccc(F)cc3)S2)cc1. The number of thioether (sulfide) groups is 1. The number of amides is 2. The second kappa shape index (κ2) is 11.6. The Hall–Kier alpha value is -3.98. The van der Waals surface area contributed by atoms with Gasteiger partial charge in [-0.15, -0.1) is 0 Å². The van der Waals surface area contributed by atoms with Gasteiger partial charge in [-0.1, -0.05) is 42.1 Å². The average Bonchev–Trinajstić information content (AvgIpc) is 2.88. The highest BCUT2D eigenvalue weighted by atomic mass is 32.2. The van der Waals surface area contributed by atoms with Crippen molar-refractivity contribution in [3.63, 3.8) is 0 Å². The average molecular weight is 506 g/mol. The zero-order chi connectivity index (χ0) is 25.5. The Kier molecular flexibility index (Phi) is 8.12. The van der Waals surface area contributed by atoms with Crippen LogP contribution in [0.2, 0.25) is 0 Å². The second-order valence-corrected chi connectivity index (χ2v) is 9.10. The Morgan fingerprint density at radius 3 is 2.42 bits per heavy atom. The van der Waals surface area contributed by atoms with Crippen LogP contribution < -0.4 is 5.32 Å². The van der Waals surface area contributed by atoms with E-state index in [-0.39, 0.29) is 24.8 Å². The van der Waals surface area contributed by atoms with E-state index >= 15 is 0 Å². The van der Waals surface area contributed by atoms with Crippen molar-refractivity contribution in [2.75, 3.05) is 11.9 Å². The Morgan fingerprint density at radius 2 is 1.75 bits per heavy atom. The first-order valence-electron chi connectivity index (χ1n) is 11.4. The molecule has 9 heteroatoms. The van der Waals surface area contributed by atoms with Gasteiger partial charge in [0.1, 0.15) is 11.1 Å². The Labute approximate surface area is 212 Å². The van der Waals surface area contributed by atoms with Crippen LogP contribution in [0.4, 0.5) is 15.8 Å². The first kappa shape index (κ1) is 25.1. The number of anilines is 1. The first-order chi connectivity index (χ1) is 17.4. The molecule has 1 atom stereocenters. The van der Waals surface area contributed by atoms with Crippen molar-refractivity contribution in [3.8, 4) is 0 Å². The number of carbonyl (C=O) groups is 3. The van der Waals surface area contributed by atoms with Gasteiger partial charge in [-0.2, -0.15) is 0 Å². The van der Waals surface area contributed by atoms with E-state index in [1.807, 2.05) is 30.3 Å². The van der Waals surface area contributed by atoms with Gasteiger partial charge in [0.15, 0.2) is 5.17 Å². The van der Waals surface area contributed by atoms with Crippen molar-refractivity contribution >= 4 is 46.1 Å². The Morgan fingerprint density at radius 1 is 1.06 bits per heavy atom. The molecule has 3 aromatic rings. The number of nitrogens with zero attached hydrogens (tertiary/aromatic N) is 2. The van der Waals surface area contributed by atoms with Crippen LogP contribution in [-0.4, -0.2) is 39.7 Å². The molecule has 2 amide bonds. The van der Waals surface area contributed by atoms with Gasteiger partial charge in [-0.05, 0) is 61.0 Å². The summed E-state index contributed by atoms with van der Waals surface area (Å²) in [6, 6.07) is 21.4. The van der Waals surface area contributed by atoms with Gasteiger partial charge in [0.25, 0.3) is 0 Å². The third kappa shape index (κ3) is 6.37. The first-order valence-corrected chi connectivity index (χ1v) is 12.2. The van der Waals surface area contributed by atoms with Crippen molar-refractivity contribution in [2.24, 2.45) is 4.99 Å². The predicted octanol–water partition coefficient (Wildman–Crippen LogP) is 5.16. The standard InChI is InChI=1S/C27H24FN3O4S/c1-2-35-26(34)19-8-12-21(13-9-19)29-25(33)23-16-24(32)31(17-18-6-4-3-5-7-18)27(36-23)30-22-14-10-20(28)11-15-22/h3-15,23H,2,16-17H2,1H3,(H,29,33)/t23-/m1/s1. The largest absolute Gasteiger partial charge is 0.462 e. The topological polar surface area (TPSA) is 88.1 Å². The fourth-order valence-electron chi connectivity index (χ4n) is 3.52. The highest BCUT2D eigenvalue weighted by Crippen LogP contribution is 2.31. The summed E-state index contributed by atoms with van der Waals surface area (Å²) >= 11 is 1.18. The summed E-state index contributed by atoms with van der Waals surface area (Å²) in [5.41, 5.74) is 2.26. The van der Waals surface area contributed by atoms with Crippen LogP contribution in [-0.2, 0) is 20.9 Å². The highest BCUT2D eigenvalue weighted by molar-refractivity contribution is 8.15. The molecule has 7 nitrogen and oxygen atoms in total. The number of hydrogen-bond donors (Lipinski definition) is 1. The number of ether oxygens (including phenoxy) is 1. The summed E-state index contributed by atoms with van der Waals surface area (Å²) in [4.78, 5) is 44.1. The fraction of sp³-hybridized carbons (Fsp3) is 0.185. The normalized spacial score (nSPS) is 16.6. The van der Waals surface area contributed by atoms with Gasteiger partial charge in [-0.3, -0.25) is 14.5 Å². The van der Waals surface area contributed by atoms with Gasteiger partial charge in [0.05, 0.1) is 24.4 Å². The number of carbonyl (C=O) groups excluding carboxylic acids is 3. The van der Waals surface area contributed by atoms with E-state index in [9.17, 15) is 18.8 Å². The fourth-order valence-corrected chi connectivity index (χ4v) is 4.61. The molecule has 1 fully saturated rings. The third-order valence-electron chi connectivity index (χ3n) is 5.33. The van der Waals surface area contributed by atoms with Crippen molar-refractivity contribution in [2.45, 2.75) is 25.1 Å². The molecule has 0 aromatic heterocycles. The van der Waals surface area contributed by atoms with E-state index in [0.29, 0.717) is 28.7 Å². The molecule has 0 spiro atoms. The van der Waals surface area contributed by atoms with Crippen LogP contribution >= 0.6 is 11.8 Å². The number of benzene rings is 3. The van der Waals surface area contributed by atoms with Gasteiger partial charge in [-0.25, -0.2) is 14.2 Å². The van der Waals surface area contributed by atoms with Crippen molar-refractivity contribution in [1.82, 2.24) is 4.90 Å². The molecule has 0 radical (unpaired) electrons. The van der Waals surface area contributed by atoms with Crippen LogP contribution in [0.25, 0.3) is 0 Å². The lowest BCUT2D eigenvalue weighted by molar-refractivity contribution is -0.129. The maximum Gasteiger partial charge on any atom is 0.338 e. The van der Waals surface area contributed by atoms with Gasteiger partial charge < -0.3 is 10.1 Å². The summed E-state index contributed by atoms with van der Waals surface area (Å²) in [5.74, 6) is -1.43. The molecule has 36 heavy (non-hydrogen) atoms. The number of halogens is 1. The number of aliphatic imine (C=N–C) groups is 1. The quantitative estimate of drug-likeness (QED) is 0.448. The van der Waals surface area contributed by atoms with E-state index < -0.39 is 17.0 Å². The van der Waals surface area contributed by atoms with Crippen molar-refractivity contribution in [1.29, 1.82) is 0 Å².